The van der Waals surface area contributed by atoms with Gasteiger partial charge in [-0.05, 0) is 49.6 Å². The van der Waals surface area contributed by atoms with Crippen molar-refractivity contribution in [1.29, 1.82) is 0 Å². The lowest BCUT2D eigenvalue weighted by Crippen LogP contribution is -2.35. The molecule has 0 radical (unpaired) electrons. The first kappa shape index (κ1) is 24.0. The smallest absolute Gasteiger partial charge is 0.243 e. The Kier molecular flexibility index (Phi) is 6.68. The normalized spacial score (nSPS) is 14.8. The third-order valence-electron chi connectivity index (χ3n) is 6.26. The first-order valence-electron chi connectivity index (χ1n) is 11.4. The molecule has 0 atom stereocenters. The van der Waals surface area contributed by atoms with Crippen molar-refractivity contribution in [3.63, 3.8) is 0 Å². The van der Waals surface area contributed by atoms with Gasteiger partial charge in [0.1, 0.15) is 5.69 Å². The molecule has 0 saturated carbocycles. The average molecular weight is 527 g/mol. The molecule has 1 aliphatic heterocycles. The molecule has 2 heterocycles. The number of sulfonamides is 1. The molecule has 9 heteroatoms. The number of rotatable bonds is 5. The topological polar surface area (TPSA) is 75.2 Å². The van der Waals surface area contributed by atoms with E-state index in [1.807, 2.05) is 49.4 Å². The Morgan fingerprint density at radius 2 is 1.60 bits per heavy atom. The van der Waals surface area contributed by atoms with Crippen LogP contribution in [0.4, 0.5) is 11.5 Å². The fraction of sp³-hybridized carbons (Fsp3) is 0.231. The molecule has 1 aromatic heterocycles. The lowest BCUT2D eigenvalue weighted by molar-refractivity contribution is 0.346. The van der Waals surface area contributed by atoms with E-state index in [1.54, 1.807) is 22.5 Å². The zero-order valence-electron chi connectivity index (χ0n) is 19.1. The summed E-state index contributed by atoms with van der Waals surface area (Å²) in [5, 5.41) is 14.8. The molecule has 4 aromatic rings. The van der Waals surface area contributed by atoms with Crippen molar-refractivity contribution >= 4 is 55.5 Å². The highest BCUT2D eigenvalue weighted by atomic mass is 35.5. The van der Waals surface area contributed by atoms with Crippen molar-refractivity contribution < 1.29 is 8.42 Å². The number of aryl methyl sites for hydroxylation is 1. The van der Waals surface area contributed by atoms with Crippen molar-refractivity contribution in [2.75, 3.05) is 18.4 Å². The van der Waals surface area contributed by atoms with E-state index in [2.05, 4.69) is 15.5 Å². The quantitative estimate of drug-likeness (QED) is 0.308. The summed E-state index contributed by atoms with van der Waals surface area (Å²) < 4.78 is 28.4. The molecule has 1 fully saturated rings. The molecular weight excluding hydrogens is 503 g/mol. The Balaban J connectivity index is 1.57. The summed E-state index contributed by atoms with van der Waals surface area (Å²) in [7, 11) is -3.58. The second-order valence-corrected chi connectivity index (χ2v) is 11.4. The summed E-state index contributed by atoms with van der Waals surface area (Å²) in [6.07, 6.45) is 2.85. The van der Waals surface area contributed by atoms with E-state index < -0.39 is 10.0 Å². The largest absolute Gasteiger partial charge is 0.338 e. The molecule has 0 spiro atoms. The van der Waals surface area contributed by atoms with Crippen LogP contribution < -0.4 is 5.32 Å². The molecule has 35 heavy (non-hydrogen) atoms. The summed E-state index contributed by atoms with van der Waals surface area (Å²) >= 11 is 12.2. The van der Waals surface area contributed by atoms with Gasteiger partial charge in [0.2, 0.25) is 10.0 Å². The van der Waals surface area contributed by atoms with Gasteiger partial charge < -0.3 is 5.32 Å². The van der Waals surface area contributed by atoms with Crippen LogP contribution in [0.1, 0.15) is 24.8 Å². The monoisotopic (exact) mass is 526 g/mol. The average Bonchev–Trinajstić information content (AvgIpc) is 2.87. The van der Waals surface area contributed by atoms with Crippen molar-refractivity contribution in [2.45, 2.75) is 31.1 Å². The summed E-state index contributed by atoms with van der Waals surface area (Å²) in [6.45, 7) is 2.95. The molecule has 1 N–H and O–H groups in total. The van der Waals surface area contributed by atoms with E-state index in [0.29, 0.717) is 45.1 Å². The van der Waals surface area contributed by atoms with Gasteiger partial charge in [0.15, 0.2) is 5.82 Å². The van der Waals surface area contributed by atoms with Crippen LogP contribution in [0.2, 0.25) is 10.0 Å². The predicted molar refractivity (Wildman–Crippen MR) is 142 cm³/mol. The van der Waals surface area contributed by atoms with E-state index in [1.165, 1.54) is 0 Å². The number of piperidine rings is 1. The Bertz CT molecular complexity index is 1520. The minimum Gasteiger partial charge on any atom is -0.338 e. The maximum absolute atomic E-state index is 13.4. The van der Waals surface area contributed by atoms with E-state index in [-0.39, 0.29) is 0 Å². The van der Waals surface area contributed by atoms with Crippen molar-refractivity contribution in [1.82, 2.24) is 14.5 Å². The number of nitrogens with zero attached hydrogens (tertiary/aromatic N) is 3. The summed E-state index contributed by atoms with van der Waals surface area (Å²) in [5.41, 5.74) is 2.78. The third-order valence-corrected chi connectivity index (χ3v) is 9.04. The Morgan fingerprint density at radius 3 is 2.34 bits per heavy atom. The Morgan fingerprint density at radius 1 is 0.857 bits per heavy atom. The van der Waals surface area contributed by atoms with Crippen LogP contribution in [0.5, 0.6) is 0 Å². The van der Waals surface area contributed by atoms with E-state index >= 15 is 0 Å². The van der Waals surface area contributed by atoms with E-state index in [9.17, 15) is 8.42 Å². The van der Waals surface area contributed by atoms with Gasteiger partial charge in [-0.3, -0.25) is 0 Å². The predicted octanol–water partition coefficient (Wildman–Crippen LogP) is 6.83. The highest BCUT2D eigenvalue weighted by Crippen LogP contribution is 2.34. The summed E-state index contributed by atoms with van der Waals surface area (Å²) in [5.74, 6) is 0.566. The molecule has 6 nitrogen and oxygen atoms in total. The zero-order chi connectivity index (χ0) is 24.6. The maximum Gasteiger partial charge on any atom is 0.243 e. The van der Waals surface area contributed by atoms with Gasteiger partial charge in [-0.25, -0.2) is 8.42 Å². The molecule has 0 bridgehead atoms. The zero-order valence-corrected chi connectivity index (χ0v) is 21.5. The van der Waals surface area contributed by atoms with Gasteiger partial charge >= 0.3 is 0 Å². The third kappa shape index (κ3) is 4.74. The molecule has 0 amide bonds. The SMILES string of the molecule is Cc1ccc(-c2nnc(Nc3ccc(Cl)c(Cl)c3)c3ccccc23)cc1S(=O)(=O)N1CCCCC1. The molecule has 0 aliphatic carbocycles. The van der Waals surface area contributed by atoms with Crippen LogP contribution >= 0.6 is 23.2 Å². The summed E-state index contributed by atoms with van der Waals surface area (Å²) in [4.78, 5) is 0.320. The molecule has 1 saturated heterocycles. The number of nitrogens with one attached hydrogen (secondary N) is 1. The summed E-state index contributed by atoms with van der Waals surface area (Å²) in [6, 6.07) is 18.5. The van der Waals surface area contributed by atoms with Crippen LogP contribution in [0, 0.1) is 6.92 Å². The van der Waals surface area contributed by atoms with Gasteiger partial charge in [0.05, 0.1) is 14.9 Å². The molecule has 1 aliphatic rings. The maximum atomic E-state index is 13.4. The van der Waals surface area contributed by atoms with Crippen LogP contribution in [-0.4, -0.2) is 36.0 Å². The van der Waals surface area contributed by atoms with Gasteiger partial charge in [0, 0.05) is 35.1 Å². The highest BCUT2D eigenvalue weighted by molar-refractivity contribution is 7.89. The number of hydrogen-bond acceptors (Lipinski definition) is 5. The first-order chi connectivity index (χ1) is 16.8. The van der Waals surface area contributed by atoms with Crippen molar-refractivity contribution in [3.8, 4) is 11.3 Å². The second kappa shape index (κ2) is 9.74. The van der Waals surface area contributed by atoms with Crippen LogP contribution in [0.3, 0.4) is 0 Å². The number of halogens is 2. The van der Waals surface area contributed by atoms with Crippen molar-refractivity contribution in [3.05, 3.63) is 76.3 Å². The number of anilines is 2. The number of fused-ring (bicyclic) bond motifs is 1. The second-order valence-electron chi connectivity index (χ2n) is 8.64. The number of hydrogen-bond donors (Lipinski definition) is 1. The molecular formula is C26H24Cl2N4O2S. The highest BCUT2D eigenvalue weighted by Gasteiger charge is 2.28. The molecule has 0 unspecified atom stereocenters. The van der Waals surface area contributed by atoms with Crippen molar-refractivity contribution in [2.24, 2.45) is 0 Å². The lowest BCUT2D eigenvalue weighted by Gasteiger charge is -2.26. The molecule has 180 valence electrons. The Hall–Kier alpha value is -2.71. The molecule has 5 rings (SSSR count). The van der Waals surface area contributed by atoms with Crippen LogP contribution in [0.15, 0.2) is 65.6 Å². The fourth-order valence-corrected chi connectivity index (χ4v) is 6.46. The van der Waals surface area contributed by atoms with Gasteiger partial charge in [-0.15, -0.1) is 10.2 Å². The first-order valence-corrected chi connectivity index (χ1v) is 13.6. The van der Waals surface area contributed by atoms with E-state index in [0.717, 1.165) is 41.3 Å². The van der Waals surface area contributed by atoms with Crippen LogP contribution in [-0.2, 0) is 10.0 Å². The minimum atomic E-state index is -3.58. The molecule has 3 aromatic carbocycles. The van der Waals surface area contributed by atoms with Gasteiger partial charge in [-0.1, -0.05) is 66.0 Å². The minimum absolute atomic E-state index is 0.320. The van der Waals surface area contributed by atoms with Gasteiger partial charge in [0.25, 0.3) is 0 Å². The fourth-order valence-electron chi connectivity index (χ4n) is 4.39. The van der Waals surface area contributed by atoms with E-state index in [4.69, 9.17) is 23.2 Å². The Labute approximate surface area is 214 Å². The number of aromatic nitrogens is 2. The lowest BCUT2D eigenvalue weighted by atomic mass is 10.0. The van der Waals surface area contributed by atoms with Crippen LogP contribution in [0.25, 0.3) is 22.0 Å². The standard InChI is InChI=1S/C26H24Cl2N4O2S/c1-17-9-10-18(15-24(17)35(33,34)32-13-5-2-6-14-32)25-20-7-3-4-8-21(20)26(31-30-25)29-19-11-12-22(27)23(28)16-19/h3-4,7-12,15-16H,2,5-6,13-14H2,1H3,(H,29,31). The van der Waals surface area contributed by atoms with Gasteiger partial charge in [-0.2, -0.15) is 4.31 Å². The number of benzene rings is 3.